The molecule has 0 fully saturated rings. The highest BCUT2D eigenvalue weighted by molar-refractivity contribution is 7.92. The molecule has 0 heterocycles. The van der Waals surface area contributed by atoms with E-state index < -0.39 is 34.3 Å². The number of hydrogen-bond acceptors (Lipinski definition) is 4. The Bertz CT molecular complexity index is 1040. The third-order valence-corrected chi connectivity index (χ3v) is 6.09. The smallest absolute Gasteiger partial charge is 0.244 e. The van der Waals surface area contributed by atoms with Crippen molar-refractivity contribution in [2.24, 2.45) is 0 Å². The minimum atomic E-state index is -3.77. The molecule has 2 aromatic rings. The molecular formula is C23H30FN3O4S. The van der Waals surface area contributed by atoms with Crippen molar-refractivity contribution in [1.29, 1.82) is 0 Å². The first-order valence-electron chi connectivity index (χ1n) is 10.4. The average Bonchev–Trinajstić information content (AvgIpc) is 2.73. The predicted molar refractivity (Wildman–Crippen MR) is 123 cm³/mol. The summed E-state index contributed by atoms with van der Waals surface area (Å²) in [5.74, 6) is -1.30. The summed E-state index contributed by atoms with van der Waals surface area (Å²) in [4.78, 5) is 27.2. The van der Waals surface area contributed by atoms with Crippen LogP contribution in [0, 0.1) is 12.7 Å². The SMILES string of the molecule is CCCNC(=O)[C@@H](C)N(Cc1ccc(F)cc1)C(=O)CN(c1cccc(C)c1)S(C)(=O)=O. The molecule has 0 saturated carbocycles. The summed E-state index contributed by atoms with van der Waals surface area (Å²) in [6.45, 7) is 5.36. The van der Waals surface area contributed by atoms with Gasteiger partial charge in [0.2, 0.25) is 21.8 Å². The molecule has 0 saturated heterocycles. The normalized spacial score (nSPS) is 12.2. The molecule has 0 unspecified atom stereocenters. The van der Waals surface area contributed by atoms with Crippen LogP contribution in [0.3, 0.4) is 0 Å². The molecule has 7 nitrogen and oxygen atoms in total. The van der Waals surface area contributed by atoms with E-state index >= 15 is 0 Å². The van der Waals surface area contributed by atoms with Gasteiger partial charge in [0.25, 0.3) is 0 Å². The second-order valence-electron chi connectivity index (χ2n) is 7.72. The van der Waals surface area contributed by atoms with Crippen LogP contribution >= 0.6 is 0 Å². The molecule has 2 amide bonds. The number of sulfonamides is 1. The van der Waals surface area contributed by atoms with Crippen LogP contribution < -0.4 is 9.62 Å². The standard InChI is InChI=1S/C23H30FN3O4S/c1-5-13-25-23(29)18(3)26(15-19-9-11-20(24)12-10-19)22(28)16-27(32(4,30)31)21-8-6-7-17(2)14-21/h6-12,14,18H,5,13,15-16H2,1-4H3,(H,25,29)/t18-/m1/s1. The molecule has 2 aromatic carbocycles. The molecular weight excluding hydrogens is 433 g/mol. The molecule has 0 aromatic heterocycles. The summed E-state index contributed by atoms with van der Waals surface area (Å²) >= 11 is 0. The van der Waals surface area contributed by atoms with Crippen molar-refractivity contribution in [2.75, 3.05) is 23.7 Å². The van der Waals surface area contributed by atoms with Gasteiger partial charge in [-0.1, -0.05) is 31.2 Å². The zero-order valence-electron chi connectivity index (χ0n) is 18.8. The van der Waals surface area contributed by atoms with Crippen molar-refractivity contribution in [1.82, 2.24) is 10.2 Å². The van der Waals surface area contributed by atoms with Crippen LogP contribution in [0.1, 0.15) is 31.4 Å². The van der Waals surface area contributed by atoms with Gasteiger partial charge < -0.3 is 10.2 Å². The Kier molecular flexibility index (Phi) is 8.77. The lowest BCUT2D eigenvalue weighted by Crippen LogP contribution is -2.51. The number of carbonyl (C=O) groups excluding carboxylic acids is 2. The van der Waals surface area contributed by atoms with Gasteiger partial charge in [0.05, 0.1) is 11.9 Å². The van der Waals surface area contributed by atoms with E-state index in [4.69, 9.17) is 0 Å². The molecule has 0 aliphatic heterocycles. The summed E-state index contributed by atoms with van der Waals surface area (Å²) in [6, 6.07) is 11.6. The number of anilines is 1. The van der Waals surface area contributed by atoms with Crippen LogP contribution in [0.4, 0.5) is 10.1 Å². The van der Waals surface area contributed by atoms with Crippen molar-refractivity contribution in [2.45, 2.75) is 39.8 Å². The van der Waals surface area contributed by atoms with Crippen LogP contribution in [0.5, 0.6) is 0 Å². The van der Waals surface area contributed by atoms with E-state index in [9.17, 15) is 22.4 Å². The first-order valence-corrected chi connectivity index (χ1v) is 12.2. The summed E-state index contributed by atoms with van der Waals surface area (Å²) in [6.07, 6.45) is 1.77. The quantitative estimate of drug-likeness (QED) is 0.587. The maximum Gasteiger partial charge on any atom is 0.244 e. The van der Waals surface area contributed by atoms with Crippen molar-refractivity contribution in [3.05, 3.63) is 65.5 Å². The fraction of sp³-hybridized carbons (Fsp3) is 0.391. The largest absolute Gasteiger partial charge is 0.354 e. The van der Waals surface area contributed by atoms with E-state index in [-0.39, 0.29) is 12.5 Å². The van der Waals surface area contributed by atoms with E-state index in [0.717, 1.165) is 22.5 Å². The van der Waals surface area contributed by atoms with Gasteiger partial charge in [-0.25, -0.2) is 12.8 Å². The second kappa shape index (κ2) is 11.1. The van der Waals surface area contributed by atoms with Crippen molar-refractivity contribution in [3.8, 4) is 0 Å². The Balaban J connectivity index is 2.35. The minimum absolute atomic E-state index is 0.0330. The van der Waals surface area contributed by atoms with Crippen LogP contribution in [0.15, 0.2) is 48.5 Å². The molecule has 1 N–H and O–H groups in total. The fourth-order valence-electron chi connectivity index (χ4n) is 3.16. The Morgan fingerprint density at radius 1 is 1.12 bits per heavy atom. The number of aryl methyl sites for hydroxylation is 1. The van der Waals surface area contributed by atoms with Gasteiger partial charge in [-0.15, -0.1) is 0 Å². The Morgan fingerprint density at radius 3 is 2.34 bits per heavy atom. The number of hydrogen-bond donors (Lipinski definition) is 1. The van der Waals surface area contributed by atoms with E-state index in [1.165, 1.54) is 29.2 Å². The molecule has 32 heavy (non-hydrogen) atoms. The average molecular weight is 464 g/mol. The number of benzene rings is 2. The molecule has 0 radical (unpaired) electrons. The Labute approximate surface area is 189 Å². The highest BCUT2D eigenvalue weighted by Gasteiger charge is 2.30. The first kappa shape index (κ1) is 25.3. The molecule has 0 aliphatic rings. The zero-order chi connectivity index (χ0) is 23.9. The molecule has 174 valence electrons. The Morgan fingerprint density at radius 2 is 1.78 bits per heavy atom. The topological polar surface area (TPSA) is 86.8 Å². The molecule has 1 atom stereocenters. The molecule has 9 heteroatoms. The van der Waals surface area contributed by atoms with E-state index in [2.05, 4.69) is 5.32 Å². The van der Waals surface area contributed by atoms with Gasteiger partial charge in [0, 0.05) is 13.1 Å². The first-order chi connectivity index (χ1) is 15.0. The number of carbonyl (C=O) groups is 2. The summed E-state index contributed by atoms with van der Waals surface area (Å²) < 4.78 is 39.3. The van der Waals surface area contributed by atoms with Crippen LogP contribution in [-0.4, -0.2) is 50.5 Å². The minimum Gasteiger partial charge on any atom is -0.354 e. The maximum atomic E-state index is 13.3. The number of rotatable bonds is 10. The number of nitrogens with one attached hydrogen (secondary N) is 1. The summed E-state index contributed by atoms with van der Waals surface area (Å²) in [7, 11) is -3.77. The van der Waals surface area contributed by atoms with Crippen molar-refractivity contribution < 1.29 is 22.4 Å². The zero-order valence-corrected chi connectivity index (χ0v) is 19.7. The van der Waals surface area contributed by atoms with Gasteiger partial charge in [-0.2, -0.15) is 0 Å². The fourth-order valence-corrected chi connectivity index (χ4v) is 4.00. The van der Waals surface area contributed by atoms with Gasteiger partial charge >= 0.3 is 0 Å². The lowest BCUT2D eigenvalue weighted by atomic mass is 10.1. The van der Waals surface area contributed by atoms with E-state index in [0.29, 0.717) is 17.8 Å². The number of nitrogens with zero attached hydrogens (tertiary/aromatic N) is 2. The second-order valence-corrected chi connectivity index (χ2v) is 9.63. The summed E-state index contributed by atoms with van der Waals surface area (Å²) in [5.41, 5.74) is 1.83. The monoisotopic (exact) mass is 463 g/mol. The number of halogens is 1. The lowest BCUT2D eigenvalue weighted by Gasteiger charge is -2.31. The van der Waals surface area contributed by atoms with Crippen molar-refractivity contribution >= 4 is 27.5 Å². The van der Waals surface area contributed by atoms with Crippen LogP contribution in [0.2, 0.25) is 0 Å². The lowest BCUT2D eigenvalue weighted by molar-refractivity contribution is -0.139. The van der Waals surface area contributed by atoms with Gasteiger partial charge in [0.15, 0.2) is 0 Å². The van der Waals surface area contributed by atoms with Gasteiger partial charge in [-0.3, -0.25) is 13.9 Å². The highest BCUT2D eigenvalue weighted by atomic mass is 32.2. The Hall–Kier alpha value is -2.94. The summed E-state index contributed by atoms with van der Waals surface area (Å²) in [5, 5.41) is 2.76. The highest BCUT2D eigenvalue weighted by Crippen LogP contribution is 2.20. The third kappa shape index (κ3) is 7.05. The van der Waals surface area contributed by atoms with Gasteiger partial charge in [0.1, 0.15) is 18.4 Å². The molecule has 0 bridgehead atoms. The molecule has 0 spiro atoms. The van der Waals surface area contributed by atoms with E-state index in [1.807, 2.05) is 19.9 Å². The molecule has 2 rings (SSSR count). The number of amides is 2. The van der Waals surface area contributed by atoms with Crippen LogP contribution in [0.25, 0.3) is 0 Å². The maximum absolute atomic E-state index is 13.3. The van der Waals surface area contributed by atoms with Crippen molar-refractivity contribution in [3.63, 3.8) is 0 Å². The third-order valence-electron chi connectivity index (χ3n) is 4.95. The van der Waals surface area contributed by atoms with Crippen LogP contribution in [-0.2, 0) is 26.2 Å². The van der Waals surface area contributed by atoms with E-state index in [1.54, 1.807) is 25.1 Å². The predicted octanol–water partition coefficient (Wildman–Crippen LogP) is 2.84. The molecule has 0 aliphatic carbocycles. The van der Waals surface area contributed by atoms with Gasteiger partial charge in [-0.05, 0) is 55.7 Å².